The summed E-state index contributed by atoms with van der Waals surface area (Å²) in [6, 6.07) is 0.284. The number of hydrogen-bond donors (Lipinski definition) is 0. The summed E-state index contributed by atoms with van der Waals surface area (Å²) in [5, 5.41) is 11.3. The molecule has 0 spiro atoms. The van der Waals surface area contributed by atoms with E-state index < -0.39 is 0 Å². The van der Waals surface area contributed by atoms with Crippen molar-refractivity contribution in [3.05, 3.63) is 5.82 Å². The van der Waals surface area contributed by atoms with E-state index in [-0.39, 0.29) is 11.4 Å². The van der Waals surface area contributed by atoms with Crippen LogP contribution in [-0.4, -0.2) is 20.2 Å². The lowest BCUT2D eigenvalue weighted by molar-refractivity contribution is 0.358. The lowest BCUT2D eigenvalue weighted by Crippen LogP contribution is -2.16. The molecule has 1 aromatic rings. The van der Waals surface area contributed by atoms with E-state index in [4.69, 9.17) is 11.6 Å². The Morgan fingerprint density at radius 1 is 1.23 bits per heavy atom. The van der Waals surface area contributed by atoms with Crippen molar-refractivity contribution in [3.63, 3.8) is 0 Å². The predicted octanol–water partition coefficient (Wildman–Crippen LogP) is 2.19. The van der Waals surface area contributed by atoms with Crippen molar-refractivity contribution in [2.45, 2.75) is 39.1 Å². The molecule has 0 amide bonds. The molecule has 0 aliphatic carbocycles. The molecule has 0 aromatic carbocycles. The van der Waals surface area contributed by atoms with Gasteiger partial charge in [-0.3, -0.25) is 0 Å². The Labute approximate surface area is 83.3 Å². The van der Waals surface area contributed by atoms with E-state index in [9.17, 15) is 0 Å². The highest BCUT2D eigenvalue weighted by Gasteiger charge is 2.18. The number of nitrogens with zero attached hydrogens (tertiary/aromatic N) is 4. The fourth-order valence-electron chi connectivity index (χ4n) is 1.03. The lowest BCUT2D eigenvalue weighted by Gasteiger charge is -2.17. The summed E-state index contributed by atoms with van der Waals surface area (Å²) in [5.74, 6) is 1.24. The van der Waals surface area contributed by atoms with E-state index in [1.54, 1.807) is 4.68 Å². The van der Waals surface area contributed by atoms with Gasteiger partial charge in [0, 0.05) is 0 Å². The number of tetrazole rings is 1. The van der Waals surface area contributed by atoms with Gasteiger partial charge in [-0.15, -0.1) is 16.7 Å². The molecule has 4 nitrogen and oxygen atoms in total. The van der Waals surface area contributed by atoms with E-state index in [0.717, 1.165) is 5.82 Å². The first-order valence-corrected chi connectivity index (χ1v) is 4.89. The molecule has 5 heteroatoms. The van der Waals surface area contributed by atoms with Crippen molar-refractivity contribution in [1.82, 2.24) is 20.2 Å². The second-order valence-corrected chi connectivity index (χ2v) is 4.24. The van der Waals surface area contributed by atoms with Gasteiger partial charge in [-0.05, 0) is 30.2 Å². The predicted molar refractivity (Wildman–Crippen MR) is 51.6 cm³/mol. The highest BCUT2D eigenvalue weighted by atomic mass is 35.5. The van der Waals surface area contributed by atoms with E-state index in [2.05, 4.69) is 36.3 Å². The van der Waals surface area contributed by atoms with Gasteiger partial charge < -0.3 is 0 Å². The van der Waals surface area contributed by atoms with Crippen LogP contribution in [0.1, 0.15) is 44.9 Å². The van der Waals surface area contributed by atoms with Gasteiger partial charge in [-0.2, -0.15) is 0 Å². The van der Waals surface area contributed by atoms with Crippen LogP contribution in [0.4, 0.5) is 0 Å². The van der Waals surface area contributed by atoms with Gasteiger partial charge in [-0.1, -0.05) is 13.8 Å². The van der Waals surface area contributed by atoms with Crippen molar-refractivity contribution in [2.24, 2.45) is 5.92 Å². The SMILES string of the molecule is CC(Cl)c1nnnn1C(C)C(C)C. The van der Waals surface area contributed by atoms with Crippen molar-refractivity contribution in [2.75, 3.05) is 0 Å². The number of halogens is 1. The fourth-order valence-corrected chi connectivity index (χ4v) is 1.18. The fraction of sp³-hybridized carbons (Fsp3) is 0.875. The number of alkyl halides is 1. The van der Waals surface area contributed by atoms with Crippen LogP contribution >= 0.6 is 11.6 Å². The summed E-state index contributed by atoms with van der Waals surface area (Å²) >= 11 is 5.94. The molecule has 2 atom stereocenters. The standard InChI is InChI=1S/C8H15ClN4/c1-5(2)7(4)13-8(6(3)9)10-11-12-13/h5-7H,1-4H3. The molecule has 1 heterocycles. The third kappa shape index (κ3) is 2.18. The van der Waals surface area contributed by atoms with Crippen LogP contribution in [0.5, 0.6) is 0 Å². The maximum atomic E-state index is 5.94. The normalized spacial score (nSPS) is 16.2. The number of rotatable bonds is 3. The maximum absolute atomic E-state index is 5.94. The van der Waals surface area contributed by atoms with Crippen LogP contribution in [0.2, 0.25) is 0 Å². The molecule has 0 saturated heterocycles. The topological polar surface area (TPSA) is 43.6 Å². The van der Waals surface area contributed by atoms with E-state index >= 15 is 0 Å². The van der Waals surface area contributed by atoms with Crippen LogP contribution in [0, 0.1) is 5.92 Å². The van der Waals surface area contributed by atoms with E-state index in [0.29, 0.717) is 5.92 Å². The molecule has 0 fully saturated rings. The van der Waals surface area contributed by atoms with Gasteiger partial charge in [0.05, 0.1) is 11.4 Å². The Morgan fingerprint density at radius 2 is 1.85 bits per heavy atom. The summed E-state index contributed by atoms with van der Waals surface area (Å²) < 4.78 is 1.79. The van der Waals surface area contributed by atoms with Crippen molar-refractivity contribution in [3.8, 4) is 0 Å². The highest BCUT2D eigenvalue weighted by Crippen LogP contribution is 2.22. The molecule has 1 aromatic heterocycles. The Kier molecular flexibility index (Phi) is 3.25. The van der Waals surface area contributed by atoms with Crippen LogP contribution in [-0.2, 0) is 0 Å². The van der Waals surface area contributed by atoms with Gasteiger partial charge in [0.1, 0.15) is 0 Å². The van der Waals surface area contributed by atoms with Crippen molar-refractivity contribution >= 4 is 11.6 Å². The number of aromatic nitrogens is 4. The summed E-state index contributed by atoms with van der Waals surface area (Å²) in [6.45, 7) is 8.23. The van der Waals surface area contributed by atoms with Crippen LogP contribution < -0.4 is 0 Å². The Hall–Kier alpha value is -0.640. The smallest absolute Gasteiger partial charge is 0.169 e. The molecule has 0 radical (unpaired) electrons. The highest BCUT2D eigenvalue weighted by molar-refractivity contribution is 6.20. The molecular weight excluding hydrogens is 188 g/mol. The van der Waals surface area contributed by atoms with E-state index in [1.165, 1.54) is 0 Å². The third-order valence-corrected chi connectivity index (χ3v) is 2.42. The monoisotopic (exact) mass is 202 g/mol. The minimum absolute atomic E-state index is 0.142. The van der Waals surface area contributed by atoms with Gasteiger partial charge in [0.2, 0.25) is 0 Å². The minimum Gasteiger partial charge on any atom is -0.225 e. The first kappa shape index (κ1) is 10.4. The van der Waals surface area contributed by atoms with Crippen LogP contribution in [0.3, 0.4) is 0 Å². The summed E-state index contributed by atoms with van der Waals surface area (Å²) in [7, 11) is 0. The van der Waals surface area contributed by atoms with Gasteiger partial charge in [0.15, 0.2) is 5.82 Å². The molecule has 0 N–H and O–H groups in total. The Balaban J connectivity index is 2.93. The first-order valence-electron chi connectivity index (χ1n) is 4.46. The molecule has 0 bridgehead atoms. The van der Waals surface area contributed by atoms with Crippen molar-refractivity contribution < 1.29 is 0 Å². The van der Waals surface area contributed by atoms with Crippen LogP contribution in [0.25, 0.3) is 0 Å². The molecular formula is C8H15ClN4. The molecule has 74 valence electrons. The summed E-state index contributed by atoms with van der Waals surface area (Å²) in [6.07, 6.45) is 0. The summed E-state index contributed by atoms with van der Waals surface area (Å²) in [5.41, 5.74) is 0. The Morgan fingerprint density at radius 3 is 2.31 bits per heavy atom. The average Bonchev–Trinajstić information content (AvgIpc) is 2.50. The molecule has 0 aliphatic rings. The maximum Gasteiger partial charge on any atom is 0.169 e. The quantitative estimate of drug-likeness (QED) is 0.706. The van der Waals surface area contributed by atoms with Gasteiger partial charge >= 0.3 is 0 Å². The summed E-state index contributed by atoms with van der Waals surface area (Å²) in [4.78, 5) is 0. The van der Waals surface area contributed by atoms with Gasteiger partial charge in [0.25, 0.3) is 0 Å². The Bertz CT molecular complexity index is 269. The zero-order chi connectivity index (χ0) is 10.0. The molecule has 0 aliphatic heterocycles. The largest absolute Gasteiger partial charge is 0.225 e. The molecule has 0 saturated carbocycles. The second kappa shape index (κ2) is 4.05. The number of hydrogen-bond acceptors (Lipinski definition) is 3. The third-order valence-electron chi connectivity index (χ3n) is 2.22. The van der Waals surface area contributed by atoms with Crippen LogP contribution in [0.15, 0.2) is 0 Å². The molecule has 13 heavy (non-hydrogen) atoms. The first-order chi connectivity index (χ1) is 6.04. The molecule has 2 unspecified atom stereocenters. The van der Waals surface area contributed by atoms with Crippen molar-refractivity contribution in [1.29, 1.82) is 0 Å². The van der Waals surface area contributed by atoms with Gasteiger partial charge in [-0.25, -0.2) is 4.68 Å². The average molecular weight is 203 g/mol. The zero-order valence-corrected chi connectivity index (χ0v) is 9.15. The zero-order valence-electron chi connectivity index (χ0n) is 8.40. The second-order valence-electron chi connectivity index (χ2n) is 3.58. The molecule has 1 rings (SSSR count). The lowest BCUT2D eigenvalue weighted by atomic mass is 10.1. The minimum atomic E-state index is -0.142. The van der Waals surface area contributed by atoms with E-state index in [1.807, 2.05) is 6.92 Å².